The van der Waals surface area contributed by atoms with Crippen LogP contribution >= 0.6 is 0 Å². The normalized spacial score (nSPS) is 18.9. The molecular weight excluding hydrogens is 192 g/mol. The molecule has 84 valence electrons. The first-order valence-corrected chi connectivity index (χ1v) is 5.38. The van der Waals surface area contributed by atoms with E-state index in [1.54, 1.807) is 0 Å². The third-order valence-corrected chi connectivity index (χ3v) is 3.42. The lowest BCUT2D eigenvalue weighted by molar-refractivity contribution is 0.0862. The SMILES string of the molecule is Cc1nnc(CNC2(CO)CCC2)n1C. The van der Waals surface area contributed by atoms with Gasteiger partial charge < -0.3 is 15.0 Å². The lowest BCUT2D eigenvalue weighted by Crippen LogP contribution is -2.53. The van der Waals surface area contributed by atoms with Crippen LogP contribution in [-0.4, -0.2) is 32.0 Å². The minimum absolute atomic E-state index is 0.0557. The van der Waals surface area contributed by atoms with Crippen LogP contribution < -0.4 is 5.32 Å². The molecule has 1 aliphatic rings. The van der Waals surface area contributed by atoms with Crippen LogP contribution in [0.3, 0.4) is 0 Å². The Morgan fingerprint density at radius 2 is 2.20 bits per heavy atom. The molecule has 0 radical (unpaired) electrons. The number of aliphatic hydroxyl groups excluding tert-OH is 1. The number of nitrogens with zero attached hydrogens (tertiary/aromatic N) is 3. The highest BCUT2D eigenvalue weighted by molar-refractivity contribution is 4.99. The van der Waals surface area contributed by atoms with Gasteiger partial charge in [0.15, 0.2) is 0 Å². The number of nitrogens with one attached hydrogen (secondary N) is 1. The third kappa shape index (κ3) is 1.89. The van der Waals surface area contributed by atoms with Crippen molar-refractivity contribution in [1.82, 2.24) is 20.1 Å². The van der Waals surface area contributed by atoms with Gasteiger partial charge in [0.25, 0.3) is 0 Å². The van der Waals surface area contributed by atoms with Crippen LogP contribution in [-0.2, 0) is 13.6 Å². The lowest BCUT2D eigenvalue weighted by atomic mass is 9.77. The molecule has 2 N–H and O–H groups in total. The standard InChI is InChI=1S/C10H18N4O/c1-8-12-13-9(14(8)2)6-11-10(7-15)4-3-5-10/h11,15H,3-7H2,1-2H3. The topological polar surface area (TPSA) is 63.0 Å². The van der Waals surface area contributed by atoms with Crippen molar-refractivity contribution < 1.29 is 5.11 Å². The third-order valence-electron chi connectivity index (χ3n) is 3.42. The first-order chi connectivity index (χ1) is 7.17. The summed E-state index contributed by atoms with van der Waals surface area (Å²) in [5.74, 6) is 1.84. The van der Waals surface area contributed by atoms with E-state index >= 15 is 0 Å². The Balaban J connectivity index is 1.95. The molecule has 5 heteroatoms. The number of hydrogen-bond acceptors (Lipinski definition) is 4. The zero-order valence-electron chi connectivity index (χ0n) is 9.32. The van der Waals surface area contributed by atoms with Crippen LogP contribution in [0, 0.1) is 6.92 Å². The van der Waals surface area contributed by atoms with E-state index in [9.17, 15) is 5.11 Å². The highest BCUT2D eigenvalue weighted by atomic mass is 16.3. The van der Waals surface area contributed by atoms with Gasteiger partial charge in [-0.25, -0.2) is 0 Å². The van der Waals surface area contributed by atoms with Crippen molar-refractivity contribution in [2.45, 2.75) is 38.3 Å². The highest BCUT2D eigenvalue weighted by Gasteiger charge is 2.35. The predicted molar refractivity (Wildman–Crippen MR) is 56.2 cm³/mol. The maximum absolute atomic E-state index is 9.28. The zero-order valence-corrected chi connectivity index (χ0v) is 9.32. The number of aliphatic hydroxyl groups is 1. The van der Waals surface area contributed by atoms with E-state index < -0.39 is 0 Å². The van der Waals surface area contributed by atoms with Gasteiger partial charge in [-0.1, -0.05) is 0 Å². The molecule has 0 atom stereocenters. The van der Waals surface area contributed by atoms with Crippen molar-refractivity contribution in [1.29, 1.82) is 0 Å². The molecule has 1 heterocycles. The average molecular weight is 210 g/mol. The molecule has 1 saturated carbocycles. The van der Waals surface area contributed by atoms with Crippen molar-refractivity contribution in [3.8, 4) is 0 Å². The van der Waals surface area contributed by atoms with E-state index in [0.717, 1.165) is 24.5 Å². The minimum atomic E-state index is -0.0557. The summed E-state index contributed by atoms with van der Waals surface area (Å²) in [4.78, 5) is 0. The van der Waals surface area contributed by atoms with Crippen LogP contribution in [0.15, 0.2) is 0 Å². The molecule has 0 spiro atoms. The second kappa shape index (κ2) is 3.90. The van der Waals surface area contributed by atoms with E-state index in [-0.39, 0.29) is 12.1 Å². The van der Waals surface area contributed by atoms with Crippen LogP contribution in [0.1, 0.15) is 30.9 Å². The van der Waals surface area contributed by atoms with Gasteiger partial charge >= 0.3 is 0 Å². The second-order valence-corrected chi connectivity index (χ2v) is 4.37. The molecular formula is C10H18N4O. The summed E-state index contributed by atoms with van der Waals surface area (Å²) in [6, 6.07) is 0. The monoisotopic (exact) mass is 210 g/mol. The zero-order chi connectivity index (χ0) is 10.9. The fraction of sp³-hybridized carbons (Fsp3) is 0.800. The van der Waals surface area contributed by atoms with Crippen molar-refractivity contribution >= 4 is 0 Å². The number of aryl methyl sites for hydroxylation is 1. The van der Waals surface area contributed by atoms with Crippen molar-refractivity contribution in [3.63, 3.8) is 0 Å². The van der Waals surface area contributed by atoms with Crippen LogP contribution in [0.5, 0.6) is 0 Å². The quantitative estimate of drug-likeness (QED) is 0.741. The minimum Gasteiger partial charge on any atom is -0.394 e. The van der Waals surface area contributed by atoms with Crippen molar-refractivity contribution in [2.24, 2.45) is 7.05 Å². The molecule has 1 fully saturated rings. The molecule has 0 unspecified atom stereocenters. The molecule has 0 aliphatic heterocycles. The molecule has 5 nitrogen and oxygen atoms in total. The van der Waals surface area contributed by atoms with Gasteiger partial charge in [-0.3, -0.25) is 0 Å². The van der Waals surface area contributed by atoms with Crippen molar-refractivity contribution in [3.05, 3.63) is 11.6 Å². The van der Waals surface area contributed by atoms with Crippen LogP contribution in [0.2, 0.25) is 0 Å². The Morgan fingerprint density at radius 1 is 1.47 bits per heavy atom. The molecule has 0 saturated heterocycles. The van der Waals surface area contributed by atoms with E-state index in [2.05, 4.69) is 15.5 Å². The number of aromatic nitrogens is 3. The first-order valence-electron chi connectivity index (χ1n) is 5.38. The number of rotatable bonds is 4. The van der Waals surface area contributed by atoms with Gasteiger partial charge in [-0.2, -0.15) is 0 Å². The summed E-state index contributed by atoms with van der Waals surface area (Å²) in [6.45, 7) is 2.82. The predicted octanol–water partition coefficient (Wildman–Crippen LogP) is 0.128. The summed E-state index contributed by atoms with van der Waals surface area (Å²) < 4.78 is 1.97. The van der Waals surface area contributed by atoms with Crippen molar-refractivity contribution in [2.75, 3.05) is 6.61 Å². The Morgan fingerprint density at radius 3 is 2.60 bits per heavy atom. The highest BCUT2D eigenvalue weighted by Crippen LogP contribution is 2.31. The van der Waals surface area contributed by atoms with Gasteiger partial charge in [-0.15, -0.1) is 10.2 Å². The molecule has 1 aromatic heterocycles. The molecule has 0 amide bonds. The maximum Gasteiger partial charge on any atom is 0.146 e. The van der Waals surface area contributed by atoms with E-state index in [4.69, 9.17) is 0 Å². The molecule has 1 aliphatic carbocycles. The maximum atomic E-state index is 9.28. The van der Waals surface area contributed by atoms with Gasteiger partial charge in [0.05, 0.1) is 13.2 Å². The summed E-state index contributed by atoms with van der Waals surface area (Å²) in [7, 11) is 1.96. The Bertz CT molecular complexity index is 338. The van der Waals surface area contributed by atoms with Gasteiger partial charge in [0.1, 0.15) is 11.6 Å². The Kier molecular flexibility index (Phi) is 2.75. The molecule has 1 aromatic rings. The fourth-order valence-corrected chi connectivity index (χ4v) is 1.87. The molecule has 0 aromatic carbocycles. The number of hydrogen-bond donors (Lipinski definition) is 2. The molecule has 15 heavy (non-hydrogen) atoms. The largest absolute Gasteiger partial charge is 0.394 e. The fourth-order valence-electron chi connectivity index (χ4n) is 1.87. The Labute approximate surface area is 89.5 Å². The lowest BCUT2D eigenvalue weighted by Gasteiger charge is -2.41. The summed E-state index contributed by atoms with van der Waals surface area (Å²) >= 11 is 0. The van der Waals surface area contributed by atoms with Crippen LogP contribution in [0.4, 0.5) is 0 Å². The van der Waals surface area contributed by atoms with Gasteiger partial charge in [-0.05, 0) is 26.2 Å². The average Bonchev–Trinajstić information content (AvgIpc) is 2.48. The van der Waals surface area contributed by atoms with Gasteiger partial charge in [0, 0.05) is 12.6 Å². The van der Waals surface area contributed by atoms with E-state index in [1.165, 1.54) is 6.42 Å². The summed E-state index contributed by atoms with van der Waals surface area (Å²) in [5, 5.41) is 20.7. The Hall–Kier alpha value is -0.940. The van der Waals surface area contributed by atoms with Gasteiger partial charge in [0.2, 0.25) is 0 Å². The summed E-state index contributed by atoms with van der Waals surface area (Å²) in [5.41, 5.74) is -0.0557. The second-order valence-electron chi connectivity index (χ2n) is 4.37. The molecule has 2 rings (SSSR count). The summed E-state index contributed by atoms with van der Waals surface area (Å²) in [6.07, 6.45) is 3.31. The smallest absolute Gasteiger partial charge is 0.146 e. The molecule has 0 bridgehead atoms. The van der Waals surface area contributed by atoms with Crippen LogP contribution in [0.25, 0.3) is 0 Å². The first kappa shape index (κ1) is 10.6. The van der Waals surface area contributed by atoms with E-state index in [1.807, 2.05) is 18.5 Å². The van der Waals surface area contributed by atoms with E-state index in [0.29, 0.717) is 6.54 Å².